The van der Waals surface area contributed by atoms with E-state index in [2.05, 4.69) is 0 Å². The van der Waals surface area contributed by atoms with Gasteiger partial charge in [0.2, 0.25) is 0 Å². The molecule has 4 heteroatoms. The van der Waals surface area contributed by atoms with Gasteiger partial charge in [0.15, 0.2) is 0 Å². The van der Waals surface area contributed by atoms with Crippen LogP contribution in [-0.4, -0.2) is 0 Å². The Morgan fingerprint density at radius 2 is 1.65 bits per heavy atom. The van der Waals surface area contributed by atoms with E-state index in [9.17, 15) is 13.2 Å². The number of alkyl halides is 3. The van der Waals surface area contributed by atoms with E-state index in [1.807, 2.05) is 12.1 Å². The Morgan fingerprint density at radius 1 is 1.05 bits per heavy atom. The van der Waals surface area contributed by atoms with E-state index in [1.54, 1.807) is 12.1 Å². The van der Waals surface area contributed by atoms with E-state index >= 15 is 0 Å². The van der Waals surface area contributed by atoms with Crippen molar-refractivity contribution in [2.45, 2.75) is 37.8 Å². The zero-order chi connectivity index (χ0) is 14.6. The van der Waals surface area contributed by atoms with Gasteiger partial charge in [0.05, 0.1) is 11.6 Å². The summed E-state index contributed by atoms with van der Waals surface area (Å²) in [5.41, 5.74) is 0.396. The first-order valence-corrected chi connectivity index (χ1v) is 6.74. The molecule has 0 radical (unpaired) electrons. The van der Waals surface area contributed by atoms with E-state index in [0.29, 0.717) is 11.8 Å². The van der Waals surface area contributed by atoms with Crippen molar-refractivity contribution >= 4 is 0 Å². The molecule has 1 aliphatic rings. The van der Waals surface area contributed by atoms with Gasteiger partial charge in [-0.1, -0.05) is 18.2 Å². The molecule has 1 aromatic rings. The average molecular weight is 279 g/mol. The molecule has 0 aliphatic heterocycles. The van der Waals surface area contributed by atoms with Crippen LogP contribution < -0.4 is 0 Å². The van der Waals surface area contributed by atoms with Crippen molar-refractivity contribution < 1.29 is 13.2 Å². The lowest BCUT2D eigenvalue weighted by Gasteiger charge is -2.27. The molecule has 1 aromatic carbocycles. The Balaban J connectivity index is 1.97. The van der Waals surface area contributed by atoms with Crippen LogP contribution in [0.2, 0.25) is 0 Å². The lowest BCUT2D eigenvalue weighted by atomic mass is 9.78. The van der Waals surface area contributed by atoms with Crippen molar-refractivity contribution in [3.8, 4) is 6.07 Å². The van der Waals surface area contributed by atoms with Crippen molar-refractivity contribution in [1.29, 1.82) is 5.26 Å². The fraction of sp³-hybridized carbons (Fsp3) is 0.438. The van der Waals surface area contributed by atoms with Crippen molar-refractivity contribution in [3.05, 3.63) is 47.5 Å². The molecule has 1 aliphatic carbocycles. The average Bonchev–Trinajstić information content (AvgIpc) is 2.45. The molecule has 1 nitrogen and oxygen atoms in total. The zero-order valence-corrected chi connectivity index (χ0v) is 11.0. The van der Waals surface area contributed by atoms with Crippen molar-refractivity contribution in [2.75, 3.05) is 0 Å². The van der Waals surface area contributed by atoms with Crippen molar-refractivity contribution in [2.24, 2.45) is 5.92 Å². The number of benzene rings is 1. The third-order valence-corrected chi connectivity index (χ3v) is 3.92. The number of hydrogen-bond donors (Lipinski definition) is 0. The van der Waals surface area contributed by atoms with Gasteiger partial charge in [-0.25, -0.2) is 0 Å². The molecular weight excluding hydrogens is 263 g/mol. The summed E-state index contributed by atoms with van der Waals surface area (Å²) in [4.78, 5) is 0. The summed E-state index contributed by atoms with van der Waals surface area (Å²) in [5.74, 6) is 0.768. The number of allylic oxidation sites excluding steroid dienone is 2. The van der Waals surface area contributed by atoms with Crippen LogP contribution in [0.4, 0.5) is 13.2 Å². The van der Waals surface area contributed by atoms with Gasteiger partial charge in [0, 0.05) is 6.08 Å². The molecule has 0 saturated heterocycles. The predicted octanol–water partition coefficient (Wildman–Crippen LogP) is 5.06. The third kappa shape index (κ3) is 3.63. The molecular formula is C16H16F3N. The Kier molecular flexibility index (Phi) is 4.49. The molecule has 0 N–H and O–H groups in total. The fourth-order valence-electron chi connectivity index (χ4n) is 2.77. The third-order valence-electron chi connectivity index (χ3n) is 3.92. The second-order valence-electron chi connectivity index (χ2n) is 5.22. The van der Waals surface area contributed by atoms with Crippen LogP contribution in [0.25, 0.3) is 0 Å². The second kappa shape index (κ2) is 6.13. The van der Waals surface area contributed by atoms with Gasteiger partial charge in [-0.2, -0.15) is 18.4 Å². The quantitative estimate of drug-likeness (QED) is 0.694. The molecule has 0 aromatic heterocycles. The Labute approximate surface area is 116 Å². The fourth-order valence-corrected chi connectivity index (χ4v) is 2.77. The predicted molar refractivity (Wildman–Crippen MR) is 70.9 cm³/mol. The van der Waals surface area contributed by atoms with Gasteiger partial charge in [0.25, 0.3) is 0 Å². The molecule has 20 heavy (non-hydrogen) atoms. The smallest absolute Gasteiger partial charge is 0.193 e. The molecule has 0 spiro atoms. The first-order chi connectivity index (χ1) is 9.50. The van der Waals surface area contributed by atoms with Gasteiger partial charge >= 0.3 is 6.18 Å². The minimum Gasteiger partial charge on any atom is -0.193 e. The van der Waals surface area contributed by atoms with E-state index in [0.717, 1.165) is 43.4 Å². The molecule has 0 unspecified atom stereocenters. The lowest BCUT2D eigenvalue weighted by molar-refractivity contribution is -0.137. The Bertz CT molecular complexity index is 500. The summed E-state index contributed by atoms with van der Waals surface area (Å²) in [6.07, 6.45) is 3.09. The highest BCUT2D eigenvalue weighted by Gasteiger charge is 2.30. The van der Waals surface area contributed by atoms with Gasteiger partial charge in [0.1, 0.15) is 0 Å². The number of nitriles is 1. The number of nitrogens with zero attached hydrogens (tertiary/aromatic N) is 1. The topological polar surface area (TPSA) is 23.8 Å². The largest absolute Gasteiger partial charge is 0.416 e. The Morgan fingerprint density at radius 3 is 2.15 bits per heavy atom. The second-order valence-corrected chi connectivity index (χ2v) is 5.22. The summed E-state index contributed by atoms with van der Waals surface area (Å²) >= 11 is 0. The van der Waals surface area contributed by atoms with Gasteiger partial charge < -0.3 is 0 Å². The van der Waals surface area contributed by atoms with Crippen molar-refractivity contribution in [1.82, 2.24) is 0 Å². The van der Waals surface area contributed by atoms with Crippen LogP contribution >= 0.6 is 0 Å². The normalized spacial score (nSPS) is 23.7. The van der Waals surface area contributed by atoms with Crippen LogP contribution in [0.3, 0.4) is 0 Å². The number of hydrogen-bond acceptors (Lipinski definition) is 1. The summed E-state index contributed by atoms with van der Waals surface area (Å²) in [7, 11) is 0. The molecule has 0 heterocycles. The van der Waals surface area contributed by atoms with Gasteiger partial charge in [-0.3, -0.25) is 0 Å². The summed E-state index contributed by atoms with van der Waals surface area (Å²) in [5, 5.41) is 8.49. The molecule has 106 valence electrons. The van der Waals surface area contributed by atoms with E-state index in [1.165, 1.54) is 6.08 Å². The minimum absolute atomic E-state index is 0.337. The standard InChI is InChI=1S/C16H16F3N/c17-16(18,19)15-9-7-14(8-10-15)13-5-3-12(4-6-13)2-1-11-20/h1-2,7-10,12-13H,3-6H2/b2-1+. The minimum atomic E-state index is -4.27. The summed E-state index contributed by atoms with van der Waals surface area (Å²) < 4.78 is 37.5. The maximum Gasteiger partial charge on any atom is 0.416 e. The van der Waals surface area contributed by atoms with Crippen LogP contribution in [0.1, 0.15) is 42.7 Å². The zero-order valence-electron chi connectivity index (χ0n) is 11.0. The van der Waals surface area contributed by atoms with Crippen LogP contribution in [0.5, 0.6) is 0 Å². The highest BCUT2D eigenvalue weighted by atomic mass is 19.4. The maximum atomic E-state index is 12.5. The van der Waals surface area contributed by atoms with Gasteiger partial charge in [-0.15, -0.1) is 0 Å². The number of rotatable bonds is 2. The monoisotopic (exact) mass is 279 g/mol. The molecule has 0 atom stereocenters. The van der Waals surface area contributed by atoms with Crippen molar-refractivity contribution in [3.63, 3.8) is 0 Å². The van der Waals surface area contributed by atoms with E-state index in [4.69, 9.17) is 5.26 Å². The first-order valence-electron chi connectivity index (χ1n) is 6.74. The highest BCUT2D eigenvalue weighted by molar-refractivity contribution is 5.27. The van der Waals surface area contributed by atoms with E-state index < -0.39 is 11.7 Å². The molecule has 0 amide bonds. The molecule has 2 rings (SSSR count). The molecule has 0 bridgehead atoms. The van der Waals surface area contributed by atoms with Crippen LogP contribution in [-0.2, 0) is 6.18 Å². The summed E-state index contributed by atoms with van der Waals surface area (Å²) in [6, 6.07) is 7.51. The molecule has 1 saturated carbocycles. The SMILES string of the molecule is N#C/C=C/C1CCC(c2ccc(C(F)(F)F)cc2)CC1. The van der Waals surface area contributed by atoms with Crippen LogP contribution in [0.15, 0.2) is 36.4 Å². The van der Waals surface area contributed by atoms with Gasteiger partial charge in [-0.05, 0) is 55.2 Å². The lowest BCUT2D eigenvalue weighted by Crippen LogP contribution is -2.12. The van der Waals surface area contributed by atoms with Crippen LogP contribution in [0, 0.1) is 17.2 Å². The maximum absolute atomic E-state index is 12.5. The van der Waals surface area contributed by atoms with E-state index in [-0.39, 0.29) is 0 Å². The Hall–Kier alpha value is -1.76. The summed E-state index contributed by atoms with van der Waals surface area (Å²) in [6.45, 7) is 0. The number of halogens is 3. The molecule has 1 fully saturated rings. The highest BCUT2D eigenvalue weighted by Crippen LogP contribution is 2.37. The first kappa shape index (κ1) is 14.6.